The Labute approximate surface area is 176 Å². The number of ether oxygens (including phenoxy) is 1. The number of nitrogens with one attached hydrogen (secondary N) is 2. The summed E-state index contributed by atoms with van der Waals surface area (Å²) >= 11 is 0. The van der Waals surface area contributed by atoms with Gasteiger partial charge in [0, 0.05) is 38.3 Å². The lowest BCUT2D eigenvalue weighted by atomic mass is 9.74. The largest absolute Gasteiger partial charge is 0.381 e. The van der Waals surface area contributed by atoms with Crippen LogP contribution in [0.4, 0.5) is 0 Å². The summed E-state index contributed by atoms with van der Waals surface area (Å²) in [5, 5.41) is 7.12. The highest BCUT2D eigenvalue weighted by Crippen LogP contribution is 2.34. The fraction of sp³-hybridized carbons (Fsp3) is 0.667. The van der Waals surface area contributed by atoms with Crippen LogP contribution in [0.2, 0.25) is 0 Å². The molecule has 1 aliphatic rings. The number of benzene rings is 1. The molecule has 0 amide bonds. The standard InChI is InChI=1S/C21H35N3O.HI/c1-17(2)10-11-18(3)24-20(22-4)23-16-21(12-14-25-15-13-21)19-8-6-5-7-9-19;/h5-9,17-18H,10-16H2,1-4H3,(H2,22,23,24);1H. The minimum Gasteiger partial charge on any atom is -0.381 e. The third-order valence-corrected chi connectivity index (χ3v) is 5.21. The molecule has 1 atom stereocenters. The summed E-state index contributed by atoms with van der Waals surface area (Å²) in [5.41, 5.74) is 1.52. The van der Waals surface area contributed by atoms with Gasteiger partial charge >= 0.3 is 0 Å². The van der Waals surface area contributed by atoms with Gasteiger partial charge in [0.05, 0.1) is 0 Å². The Hall–Kier alpha value is -0.820. The van der Waals surface area contributed by atoms with E-state index in [0.29, 0.717) is 6.04 Å². The van der Waals surface area contributed by atoms with E-state index in [4.69, 9.17) is 4.74 Å². The summed E-state index contributed by atoms with van der Waals surface area (Å²) in [6.07, 6.45) is 4.49. The van der Waals surface area contributed by atoms with Crippen molar-refractivity contribution in [1.82, 2.24) is 10.6 Å². The average molecular weight is 473 g/mol. The maximum atomic E-state index is 5.62. The average Bonchev–Trinajstić information content (AvgIpc) is 2.65. The Morgan fingerprint density at radius 3 is 2.35 bits per heavy atom. The zero-order chi connectivity index (χ0) is 18.1. The highest BCUT2D eigenvalue weighted by molar-refractivity contribution is 14.0. The van der Waals surface area contributed by atoms with Crippen LogP contribution in [-0.4, -0.2) is 38.8 Å². The maximum absolute atomic E-state index is 5.62. The Morgan fingerprint density at radius 1 is 1.12 bits per heavy atom. The van der Waals surface area contributed by atoms with E-state index in [9.17, 15) is 0 Å². The second-order valence-corrected chi connectivity index (χ2v) is 7.70. The molecule has 1 fully saturated rings. The quantitative estimate of drug-likeness (QED) is 0.352. The molecule has 0 saturated carbocycles. The van der Waals surface area contributed by atoms with Crippen LogP contribution in [0.1, 0.15) is 52.0 Å². The van der Waals surface area contributed by atoms with Gasteiger partial charge in [-0.25, -0.2) is 0 Å². The van der Waals surface area contributed by atoms with Gasteiger partial charge < -0.3 is 15.4 Å². The van der Waals surface area contributed by atoms with Gasteiger partial charge in [-0.1, -0.05) is 44.2 Å². The number of nitrogens with zero attached hydrogens (tertiary/aromatic N) is 1. The van der Waals surface area contributed by atoms with Crippen LogP contribution in [-0.2, 0) is 10.2 Å². The highest BCUT2D eigenvalue weighted by Gasteiger charge is 2.34. The molecule has 26 heavy (non-hydrogen) atoms. The smallest absolute Gasteiger partial charge is 0.191 e. The zero-order valence-corrected chi connectivity index (χ0v) is 19.1. The zero-order valence-electron chi connectivity index (χ0n) is 16.8. The Kier molecular flexibility index (Phi) is 10.5. The molecule has 0 spiro atoms. The lowest BCUT2D eigenvalue weighted by molar-refractivity contribution is 0.0513. The van der Waals surface area contributed by atoms with Crippen LogP contribution in [0.3, 0.4) is 0 Å². The normalized spacial score (nSPS) is 18.1. The minimum absolute atomic E-state index is 0. The monoisotopic (exact) mass is 473 g/mol. The van der Waals surface area contributed by atoms with Crippen molar-refractivity contribution in [2.45, 2.75) is 57.9 Å². The van der Waals surface area contributed by atoms with Crippen molar-refractivity contribution >= 4 is 29.9 Å². The molecule has 0 aromatic heterocycles. The molecule has 1 aliphatic heterocycles. The van der Waals surface area contributed by atoms with Gasteiger partial charge in [0.2, 0.25) is 0 Å². The third kappa shape index (κ3) is 7.06. The van der Waals surface area contributed by atoms with Crippen LogP contribution < -0.4 is 10.6 Å². The van der Waals surface area contributed by atoms with E-state index in [-0.39, 0.29) is 29.4 Å². The van der Waals surface area contributed by atoms with Crippen molar-refractivity contribution in [2.24, 2.45) is 10.9 Å². The van der Waals surface area contributed by atoms with E-state index in [1.54, 1.807) is 0 Å². The van der Waals surface area contributed by atoms with Crippen LogP contribution in [0.15, 0.2) is 35.3 Å². The van der Waals surface area contributed by atoms with Gasteiger partial charge in [-0.3, -0.25) is 4.99 Å². The first kappa shape index (κ1) is 23.2. The van der Waals surface area contributed by atoms with Crippen LogP contribution >= 0.6 is 24.0 Å². The van der Waals surface area contributed by atoms with E-state index >= 15 is 0 Å². The molecule has 2 rings (SSSR count). The molecule has 5 heteroatoms. The number of aliphatic imine (C=N–C) groups is 1. The lowest BCUT2D eigenvalue weighted by Gasteiger charge is -2.38. The number of rotatable bonds is 7. The summed E-state index contributed by atoms with van der Waals surface area (Å²) in [5.74, 6) is 1.64. The first-order valence-corrected chi connectivity index (χ1v) is 9.66. The molecule has 0 radical (unpaired) electrons. The fourth-order valence-electron chi connectivity index (χ4n) is 3.46. The van der Waals surface area contributed by atoms with Crippen LogP contribution in [0.25, 0.3) is 0 Å². The predicted octanol–water partition coefficient (Wildman–Crippen LogP) is 4.34. The SMILES string of the molecule is CN=C(NCC1(c2ccccc2)CCOCC1)NC(C)CCC(C)C.I. The number of halogens is 1. The molecule has 1 unspecified atom stereocenters. The van der Waals surface area contributed by atoms with Crippen LogP contribution in [0.5, 0.6) is 0 Å². The molecule has 148 valence electrons. The Morgan fingerprint density at radius 2 is 1.77 bits per heavy atom. The van der Waals surface area contributed by atoms with Gasteiger partial charge in [-0.2, -0.15) is 0 Å². The van der Waals surface area contributed by atoms with E-state index in [0.717, 1.165) is 50.9 Å². The van der Waals surface area contributed by atoms with Crippen molar-refractivity contribution in [3.63, 3.8) is 0 Å². The topological polar surface area (TPSA) is 45.7 Å². The third-order valence-electron chi connectivity index (χ3n) is 5.21. The van der Waals surface area contributed by atoms with Gasteiger partial charge in [0.1, 0.15) is 0 Å². The van der Waals surface area contributed by atoms with Crippen molar-refractivity contribution in [3.8, 4) is 0 Å². The molecule has 1 saturated heterocycles. The second-order valence-electron chi connectivity index (χ2n) is 7.70. The van der Waals surface area contributed by atoms with Gasteiger partial charge in [-0.15, -0.1) is 24.0 Å². The summed E-state index contributed by atoms with van der Waals surface area (Å²) in [6.45, 7) is 9.32. The van der Waals surface area contributed by atoms with Gasteiger partial charge in [0.25, 0.3) is 0 Å². The van der Waals surface area contributed by atoms with E-state index in [2.05, 4.69) is 66.7 Å². The number of hydrogen-bond acceptors (Lipinski definition) is 2. The van der Waals surface area contributed by atoms with Crippen molar-refractivity contribution in [3.05, 3.63) is 35.9 Å². The van der Waals surface area contributed by atoms with Crippen molar-refractivity contribution in [1.29, 1.82) is 0 Å². The molecule has 1 aromatic carbocycles. The van der Waals surface area contributed by atoms with Crippen molar-refractivity contribution in [2.75, 3.05) is 26.8 Å². The van der Waals surface area contributed by atoms with E-state index in [1.165, 1.54) is 12.0 Å². The summed E-state index contributed by atoms with van der Waals surface area (Å²) in [7, 11) is 1.85. The Balaban J connectivity index is 0.00000338. The van der Waals surface area contributed by atoms with E-state index < -0.39 is 0 Å². The molecule has 1 aromatic rings. The highest BCUT2D eigenvalue weighted by atomic mass is 127. The predicted molar refractivity (Wildman–Crippen MR) is 122 cm³/mol. The van der Waals surface area contributed by atoms with Crippen molar-refractivity contribution < 1.29 is 4.74 Å². The Bertz CT molecular complexity index is 527. The second kappa shape index (κ2) is 11.8. The molecule has 2 N–H and O–H groups in total. The molecule has 1 heterocycles. The fourth-order valence-corrected chi connectivity index (χ4v) is 3.46. The van der Waals surface area contributed by atoms with E-state index in [1.807, 2.05) is 7.05 Å². The lowest BCUT2D eigenvalue weighted by Crippen LogP contribution is -2.49. The summed E-state index contributed by atoms with van der Waals surface area (Å²) in [6, 6.07) is 11.3. The molecule has 0 aliphatic carbocycles. The van der Waals surface area contributed by atoms with Crippen LogP contribution in [0, 0.1) is 5.92 Å². The van der Waals surface area contributed by atoms with Gasteiger partial charge in [0.15, 0.2) is 5.96 Å². The molecule has 4 nitrogen and oxygen atoms in total. The number of guanidine groups is 1. The summed E-state index contributed by atoms with van der Waals surface area (Å²) in [4.78, 5) is 4.43. The molecular weight excluding hydrogens is 437 g/mol. The summed E-state index contributed by atoms with van der Waals surface area (Å²) < 4.78 is 5.62. The first-order valence-electron chi connectivity index (χ1n) is 9.66. The number of hydrogen-bond donors (Lipinski definition) is 2. The molecule has 0 bridgehead atoms. The molecular formula is C21H36IN3O. The minimum atomic E-state index is 0. The maximum Gasteiger partial charge on any atom is 0.191 e. The van der Waals surface area contributed by atoms with Gasteiger partial charge in [-0.05, 0) is 44.1 Å². The first-order chi connectivity index (χ1) is 12.1.